The van der Waals surface area contributed by atoms with Gasteiger partial charge in [-0.05, 0) is 25.7 Å². The van der Waals surface area contributed by atoms with E-state index in [-0.39, 0.29) is 17.7 Å². The van der Waals surface area contributed by atoms with E-state index in [1.54, 1.807) is 0 Å². The molecule has 0 radical (unpaired) electrons. The number of fused-ring (bicyclic) bond motifs is 2. The van der Waals surface area contributed by atoms with Crippen molar-refractivity contribution in [2.75, 3.05) is 53.0 Å². The molecule has 7 nitrogen and oxygen atoms in total. The first-order valence-electron chi connectivity index (χ1n) is 10.2. The molecule has 26 heavy (non-hydrogen) atoms. The zero-order chi connectivity index (χ0) is 18.1. The molecule has 4 aliphatic heterocycles. The normalized spacial score (nSPS) is 35.1. The van der Waals surface area contributed by atoms with Gasteiger partial charge in [0.25, 0.3) is 0 Å². The number of morpholine rings is 1. The lowest BCUT2D eigenvalue weighted by Gasteiger charge is -2.36. The fraction of sp³-hybridized carbons (Fsp3) is 0.895. The number of amides is 2. The van der Waals surface area contributed by atoms with Crippen molar-refractivity contribution >= 4 is 11.8 Å². The first kappa shape index (κ1) is 18.2. The van der Waals surface area contributed by atoms with Crippen molar-refractivity contribution in [2.24, 2.45) is 5.92 Å². The molecule has 2 bridgehead atoms. The van der Waals surface area contributed by atoms with Crippen molar-refractivity contribution < 1.29 is 14.3 Å². The number of nitrogens with zero attached hydrogens (tertiary/aromatic N) is 3. The number of piperidine rings is 1. The predicted molar refractivity (Wildman–Crippen MR) is 97.7 cm³/mol. The molecule has 1 N–H and O–H groups in total. The molecule has 0 spiro atoms. The van der Waals surface area contributed by atoms with Crippen molar-refractivity contribution in [2.45, 2.75) is 50.2 Å². The lowest BCUT2D eigenvalue weighted by atomic mass is 9.97. The molecule has 4 fully saturated rings. The molecule has 3 atom stereocenters. The molecule has 0 aromatic carbocycles. The Morgan fingerprint density at radius 2 is 1.88 bits per heavy atom. The van der Waals surface area contributed by atoms with E-state index < -0.39 is 0 Å². The second kappa shape index (κ2) is 7.82. The molecule has 0 aromatic heterocycles. The molecule has 3 unspecified atom stereocenters. The van der Waals surface area contributed by atoms with Crippen LogP contribution in [-0.2, 0) is 14.3 Å². The molecule has 2 amide bonds. The first-order chi connectivity index (χ1) is 12.6. The predicted octanol–water partition coefficient (Wildman–Crippen LogP) is -0.0915. The van der Waals surface area contributed by atoms with E-state index in [0.717, 1.165) is 52.2 Å². The summed E-state index contributed by atoms with van der Waals surface area (Å²) in [6.45, 7) is 5.62. The molecule has 0 saturated carbocycles. The molecule has 4 rings (SSSR count). The number of likely N-dealkylation sites (tertiary alicyclic amines) is 1. The zero-order valence-electron chi connectivity index (χ0n) is 15.9. The number of rotatable bonds is 5. The Kier molecular flexibility index (Phi) is 5.47. The molecule has 4 aliphatic rings. The summed E-state index contributed by atoms with van der Waals surface area (Å²) in [6.07, 6.45) is 4.96. The van der Waals surface area contributed by atoms with Crippen molar-refractivity contribution in [1.82, 2.24) is 20.0 Å². The fourth-order valence-corrected chi connectivity index (χ4v) is 5.05. The van der Waals surface area contributed by atoms with Gasteiger partial charge in [-0.15, -0.1) is 0 Å². The Labute approximate surface area is 156 Å². The minimum Gasteiger partial charge on any atom is -0.379 e. The maximum absolute atomic E-state index is 13.0. The standard InChI is InChI=1S/C19H32N4O3/c1-21(17-11-15-2-3-16(12-17)20-15)19(25)14-10-18(24)23(13-14)5-4-22-6-8-26-9-7-22/h14-17,20H,2-13H2,1H3. The van der Waals surface area contributed by atoms with E-state index >= 15 is 0 Å². The van der Waals surface area contributed by atoms with E-state index in [2.05, 4.69) is 10.2 Å². The van der Waals surface area contributed by atoms with E-state index in [9.17, 15) is 9.59 Å². The smallest absolute Gasteiger partial charge is 0.227 e. The van der Waals surface area contributed by atoms with E-state index in [4.69, 9.17) is 4.74 Å². The van der Waals surface area contributed by atoms with Crippen LogP contribution in [0.1, 0.15) is 32.1 Å². The monoisotopic (exact) mass is 364 g/mol. The lowest BCUT2D eigenvalue weighted by Crippen LogP contribution is -2.50. The van der Waals surface area contributed by atoms with Crippen molar-refractivity contribution in [1.29, 1.82) is 0 Å². The number of carbonyl (C=O) groups is 2. The molecule has 7 heteroatoms. The van der Waals surface area contributed by atoms with Gasteiger partial charge in [0.05, 0.1) is 19.1 Å². The minimum absolute atomic E-state index is 0.135. The van der Waals surface area contributed by atoms with Crippen molar-refractivity contribution in [3.63, 3.8) is 0 Å². The second-order valence-electron chi connectivity index (χ2n) is 8.41. The number of hydrogen-bond acceptors (Lipinski definition) is 5. The van der Waals surface area contributed by atoms with Gasteiger partial charge in [-0.25, -0.2) is 0 Å². The Balaban J connectivity index is 1.27. The third kappa shape index (κ3) is 3.89. The Morgan fingerprint density at radius 1 is 1.19 bits per heavy atom. The largest absolute Gasteiger partial charge is 0.379 e. The van der Waals surface area contributed by atoms with Crippen LogP contribution >= 0.6 is 0 Å². The molecule has 146 valence electrons. The van der Waals surface area contributed by atoms with Crippen LogP contribution in [0.4, 0.5) is 0 Å². The van der Waals surface area contributed by atoms with Gasteiger partial charge in [-0.3, -0.25) is 14.5 Å². The number of hydrogen-bond donors (Lipinski definition) is 1. The van der Waals surface area contributed by atoms with Crippen LogP contribution in [0.3, 0.4) is 0 Å². The van der Waals surface area contributed by atoms with E-state index in [1.165, 1.54) is 12.8 Å². The molecule has 4 heterocycles. The zero-order valence-corrected chi connectivity index (χ0v) is 15.9. The number of ether oxygens (including phenoxy) is 1. The summed E-state index contributed by atoms with van der Waals surface area (Å²) in [5.41, 5.74) is 0. The van der Waals surface area contributed by atoms with E-state index in [1.807, 2.05) is 16.8 Å². The van der Waals surface area contributed by atoms with Crippen LogP contribution < -0.4 is 5.32 Å². The SMILES string of the molecule is CN(C(=O)C1CC(=O)N(CCN2CCOCC2)C1)C1CC2CCC(C1)N2. The van der Waals surface area contributed by atoms with Gasteiger partial charge in [-0.2, -0.15) is 0 Å². The fourth-order valence-electron chi connectivity index (χ4n) is 5.05. The van der Waals surface area contributed by atoms with Crippen LogP contribution in [0.2, 0.25) is 0 Å². The number of nitrogens with one attached hydrogen (secondary N) is 1. The van der Waals surface area contributed by atoms with E-state index in [0.29, 0.717) is 31.1 Å². The summed E-state index contributed by atoms with van der Waals surface area (Å²) in [6, 6.07) is 1.48. The highest BCUT2D eigenvalue weighted by Gasteiger charge is 2.40. The molecule has 4 saturated heterocycles. The van der Waals surface area contributed by atoms with Crippen LogP contribution in [0.25, 0.3) is 0 Å². The highest BCUT2D eigenvalue weighted by Crippen LogP contribution is 2.30. The summed E-state index contributed by atoms with van der Waals surface area (Å²) < 4.78 is 5.37. The van der Waals surface area contributed by atoms with Gasteiger partial charge in [-0.1, -0.05) is 0 Å². The third-order valence-corrected chi connectivity index (χ3v) is 6.70. The van der Waals surface area contributed by atoms with Crippen molar-refractivity contribution in [3.8, 4) is 0 Å². The third-order valence-electron chi connectivity index (χ3n) is 6.70. The quantitative estimate of drug-likeness (QED) is 0.739. The average molecular weight is 364 g/mol. The van der Waals surface area contributed by atoms with Crippen molar-refractivity contribution in [3.05, 3.63) is 0 Å². The van der Waals surface area contributed by atoms with Gasteiger partial charge in [0.15, 0.2) is 0 Å². The summed E-state index contributed by atoms with van der Waals surface area (Å²) >= 11 is 0. The summed E-state index contributed by atoms with van der Waals surface area (Å²) in [5.74, 6) is 0.138. The first-order valence-corrected chi connectivity index (χ1v) is 10.2. The Morgan fingerprint density at radius 3 is 2.58 bits per heavy atom. The van der Waals surface area contributed by atoms with Gasteiger partial charge in [0.2, 0.25) is 11.8 Å². The Hall–Kier alpha value is -1.18. The van der Waals surface area contributed by atoms with Crippen LogP contribution in [-0.4, -0.2) is 97.6 Å². The highest BCUT2D eigenvalue weighted by atomic mass is 16.5. The maximum atomic E-state index is 13.0. The molecule has 0 aromatic rings. The topological polar surface area (TPSA) is 65.1 Å². The molecule has 0 aliphatic carbocycles. The average Bonchev–Trinajstić information content (AvgIpc) is 3.21. The highest BCUT2D eigenvalue weighted by molar-refractivity contribution is 5.89. The molecular weight excluding hydrogens is 332 g/mol. The van der Waals surface area contributed by atoms with Gasteiger partial charge >= 0.3 is 0 Å². The number of carbonyl (C=O) groups excluding carboxylic acids is 2. The van der Waals surface area contributed by atoms with Gasteiger partial charge in [0.1, 0.15) is 0 Å². The van der Waals surface area contributed by atoms with Gasteiger partial charge in [0, 0.05) is 64.3 Å². The summed E-state index contributed by atoms with van der Waals surface area (Å²) in [5, 5.41) is 3.63. The summed E-state index contributed by atoms with van der Waals surface area (Å²) in [4.78, 5) is 31.5. The second-order valence-corrected chi connectivity index (χ2v) is 8.41. The van der Waals surface area contributed by atoms with Gasteiger partial charge < -0.3 is 19.9 Å². The summed E-state index contributed by atoms with van der Waals surface area (Å²) in [7, 11) is 1.94. The van der Waals surface area contributed by atoms with Crippen LogP contribution in [0, 0.1) is 5.92 Å². The molecular formula is C19H32N4O3. The maximum Gasteiger partial charge on any atom is 0.227 e. The van der Waals surface area contributed by atoms with Crippen LogP contribution in [0.5, 0.6) is 0 Å². The minimum atomic E-state index is -0.162. The van der Waals surface area contributed by atoms with Crippen LogP contribution in [0.15, 0.2) is 0 Å². The lowest BCUT2D eigenvalue weighted by molar-refractivity contribution is -0.137. The Bertz CT molecular complexity index is 525.